The van der Waals surface area contributed by atoms with Crippen LogP contribution in [0.25, 0.3) is 0 Å². The number of hydrogen-bond donors (Lipinski definition) is 0. The van der Waals surface area contributed by atoms with Crippen molar-refractivity contribution >= 4 is 21.9 Å². The van der Waals surface area contributed by atoms with Crippen LogP contribution in [0.5, 0.6) is 0 Å². The molecular weight excluding hydrogens is 231 g/mol. The summed E-state index contributed by atoms with van der Waals surface area (Å²) in [4.78, 5) is 10.7. The second-order valence-electron chi connectivity index (χ2n) is 2.55. The van der Waals surface area contributed by atoms with Gasteiger partial charge in [-0.1, -0.05) is 0 Å². The van der Waals surface area contributed by atoms with Crippen molar-refractivity contribution in [3.63, 3.8) is 0 Å². The highest BCUT2D eigenvalue weighted by Gasteiger charge is 2.22. The molecule has 0 aromatic carbocycles. The first-order valence-corrected chi connectivity index (χ1v) is 4.68. The number of ether oxygens (including phenoxy) is 2. The van der Waals surface area contributed by atoms with Gasteiger partial charge in [0.15, 0.2) is 0 Å². The van der Waals surface area contributed by atoms with E-state index in [0.29, 0.717) is 26.1 Å². The van der Waals surface area contributed by atoms with E-state index in [1.54, 1.807) is 0 Å². The maximum Gasteiger partial charge on any atom is 0.352 e. The minimum Gasteiger partial charge on any atom is -0.459 e. The summed E-state index contributed by atoms with van der Waals surface area (Å²) in [5.41, 5.74) is 0. The van der Waals surface area contributed by atoms with Crippen molar-refractivity contribution in [2.75, 3.05) is 13.2 Å². The summed E-state index contributed by atoms with van der Waals surface area (Å²) in [6.45, 7) is 1.16. The fourth-order valence-corrected chi connectivity index (χ4v) is 1.12. The van der Waals surface area contributed by atoms with Gasteiger partial charge in [-0.25, -0.2) is 9.18 Å². The highest BCUT2D eigenvalue weighted by Crippen LogP contribution is 2.13. The Morgan fingerprint density at radius 1 is 1.58 bits per heavy atom. The third-order valence-electron chi connectivity index (χ3n) is 1.63. The van der Waals surface area contributed by atoms with Crippen molar-refractivity contribution < 1.29 is 18.7 Å². The lowest BCUT2D eigenvalue weighted by molar-refractivity contribution is -0.155. The van der Waals surface area contributed by atoms with Crippen LogP contribution in [-0.2, 0) is 14.3 Å². The molecule has 0 amide bonds. The molecule has 0 radical (unpaired) electrons. The fourth-order valence-electron chi connectivity index (χ4n) is 1.01. The number of carbonyl (C=O) groups is 1. The Kier molecular flexibility index (Phi) is 3.94. The molecule has 0 N–H and O–H groups in total. The Bertz CT molecular complexity index is 157. The Morgan fingerprint density at radius 3 is 2.67 bits per heavy atom. The molecule has 1 aliphatic heterocycles. The molecule has 0 bridgehead atoms. The second-order valence-corrected chi connectivity index (χ2v) is 3.35. The number of alkyl halides is 2. The molecule has 0 spiro atoms. The first-order chi connectivity index (χ1) is 5.70. The average Bonchev–Trinajstić information content (AvgIpc) is 2.06. The lowest BCUT2D eigenvalue weighted by Crippen LogP contribution is -2.28. The van der Waals surface area contributed by atoms with Gasteiger partial charge >= 0.3 is 5.97 Å². The molecular formula is C7H10BrFO3. The monoisotopic (exact) mass is 240 g/mol. The minimum absolute atomic E-state index is 0.179. The molecule has 1 rings (SSSR count). The van der Waals surface area contributed by atoms with E-state index in [-0.39, 0.29) is 6.10 Å². The van der Waals surface area contributed by atoms with Crippen molar-refractivity contribution in [3.8, 4) is 0 Å². The Balaban J connectivity index is 2.24. The van der Waals surface area contributed by atoms with Gasteiger partial charge in [0, 0.05) is 12.8 Å². The van der Waals surface area contributed by atoms with E-state index in [2.05, 4.69) is 15.9 Å². The lowest BCUT2D eigenvalue weighted by Gasteiger charge is -2.22. The largest absolute Gasteiger partial charge is 0.459 e. The maximum absolute atomic E-state index is 12.3. The molecule has 3 nitrogen and oxygen atoms in total. The number of hydrogen-bond acceptors (Lipinski definition) is 3. The zero-order chi connectivity index (χ0) is 8.97. The van der Waals surface area contributed by atoms with E-state index in [1.807, 2.05) is 0 Å². The molecule has 1 unspecified atom stereocenters. The summed E-state index contributed by atoms with van der Waals surface area (Å²) in [6, 6.07) is 0. The van der Waals surface area contributed by atoms with Gasteiger partial charge < -0.3 is 9.47 Å². The summed E-state index contributed by atoms with van der Waals surface area (Å²) in [5.74, 6) is -0.845. The number of esters is 1. The predicted octanol–water partition coefficient (Wildman–Crippen LogP) is 1.40. The van der Waals surface area contributed by atoms with E-state index in [1.165, 1.54) is 0 Å². The molecule has 5 heteroatoms. The highest BCUT2D eigenvalue weighted by atomic mass is 79.9. The van der Waals surface area contributed by atoms with E-state index in [0.717, 1.165) is 0 Å². The first-order valence-electron chi connectivity index (χ1n) is 3.76. The summed E-state index contributed by atoms with van der Waals surface area (Å²) < 4.78 is 22.1. The van der Waals surface area contributed by atoms with E-state index >= 15 is 0 Å². The summed E-state index contributed by atoms with van der Waals surface area (Å²) in [5, 5.41) is -1.71. The van der Waals surface area contributed by atoms with Crippen LogP contribution < -0.4 is 0 Å². The van der Waals surface area contributed by atoms with Gasteiger partial charge in [-0.05, 0) is 15.9 Å². The van der Waals surface area contributed by atoms with Crippen LogP contribution in [0, 0.1) is 0 Å². The molecule has 1 saturated heterocycles. The standard InChI is InChI=1S/C7H10BrFO3/c8-6(9)7(10)12-5-1-3-11-4-2-5/h5-6H,1-4H2. The molecule has 0 aromatic heterocycles. The van der Waals surface area contributed by atoms with Crippen LogP contribution >= 0.6 is 15.9 Å². The van der Waals surface area contributed by atoms with E-state index < -0.39 is 11.1 Å². The Hall–Kier alpha value is -0.160. The van der Waals surface area contributed by atoms with Crippen molar-refractivity contribution in [1.82, 2.24) is 0 Å². The van der Waals surface area contributed by atoms with Crippen LogP contribution in [0.3, 0.4) is 0 Å². The van der Waals surface area contributed by atoms with Crippen molar-refractivity contribution in [2.45, 2.75) is 24.0 Å². The smallest absolute Gasteiger partial charge is 0.352 e. The molecule has 0 aromatic rings. The van der Waals surface area contributed by atoms with Crippen LogP contribution in [0.15, 0.2) is 0 Å². The van der Waals surface area contributed by atoms with Crippen LogP contribution in [0.2, 0.25) is 0 Å². The van der Waals surface area contributed by atoms with Crippen LogP contribution in [-0.4, -0.2) is 30.4 Å². The topological polar surface area (TPSA) is 35.5 Å². The maximum atomic E-state index is 12.3. The normalized spacial score (nSPS) is 21.8. The van der Waals surface area contributed by atoms with Crippen molar-refractivity contribution in [1.29, 1.82) is 0 Å². The minimum atomic E-state index is -1.71. The lowest BCUT2D eigenvalue weighted by atomic mass is 10.2. The Morgan fingerprint density at radius 2 is 2.17 bits per heavy atom. The average molecular weight is 241 g/mol. The zero-order valence-corrected chi connectivity index (χ0v) is 8.05. The SMILES string of the molecule is O=C(OC1CCOCC1)C(F)Br. The molecule has 1 heterocycles. The van der Waals surface area contributed by atoms with Crippen molar-refractivity contribution in [3.05, 3.63) is 0 Å². The summed E-state index contributed by atoms with van der Waals surface area (Å²) in [7, 11) is 0. The van der Waals surface area contributed by atoms with Gasteiger partial charge in [0.2, 0.25) is 0 Å². The van der Waals surface area contributed by atoms with Crippen LogP contribution in [0.4, 0.5) is 4.39 Å². The van der Waals surface area contributed by atoms with Crippen molar-refractivity contribution in [2.24, 2.45) is 0 Å². The van der Waals surface area contributed by atoms with Gasteiger partial charge in [-0.15, -0.1) is 0 Å². The molecule has 1 aliphatic rings. The number of rotatable bonds is 2. The molecule has 12 heavy (non-hydrogen) atoms. The molecule has 1 fully saturated rings. The summed E-state index contributed by atoms with van der Waals surface area (Å²) >= 11 is 2.49. The van der Waals surface area contributed by atoms with Gasteiger partial charge in [0.1, 0.15) is 6.10 Å². The zero-order valence-electron chi connectivity index (χ0n) is 6.46. The fraction of sp³-hybridized carbons (Fsp3) is 0.857. The third-order valence-corrected chi connectivity index (χ3v) is 2.00. The van der Waals surface area contributed by atoms with Crippen LogP contribution in [0.1, 0.15) is 12.8 Å². The molecule has 0 saturated carbocycles. The quantitative estimate of drug-likeness (QED) is 0.541. The summed E-state index contributed by atoms with van der Waals surface area (Å²) in [6.07, 6.45) is 1.14. The number of carbonyl (C=O) groups excluding carboxylic acids is 1. The molecule has 70 valence electrons. The van der Waals surface area contributed by atoms with Gasteiger partial charge in [-0.3, -0.25) is 0 Å². The highest BCUT2D eigenvalue weighted by molar-refractivity contribution is 9.09. The van der Waals surface area contributed by atoms with Gasteiger partial charge in [0.25, 0.3) is 5.08 Å². The second kappa shape index (κ2) is 4.77. The molecule has 1 atom stereocenters. The third kappa shape index (κ3) is 3.06. The predicted molar refractivity (Wildman–Crippen MR) is 43.8 cm³/mol. The van der Waals surface area contributed by atoms with E-state index in [9.17, 15) is 9.18 Å². The number of halogens is 2. The first kappa shape index (κ1) is 9.92. The Labute approximate surface area is 78.3 Å². The van der Waals surface area contributed by atoms with Gasteiger partial charge in [-0.2, -0.15) is 0 Å². The molecule has 0 aliphatic carbocycles. The van der Waals surface area contributed by atoms with E-state index in [4.69, 9.17) is 9.47 Å². The van der Waals surface area contributed by atoms with Gasteiger partial charge in [0.05, 0.1) is 13.2 Å².